The number of amides is 2. The topological polar surface area (TPSA) is 88.9 Å². The highest BCUT2D eigenvalue weighted by atomic mass is 32.2. The summed E-state index contributed by atoms with van der Waals surface area (Å²) >= 11 is 1.27. The van der Waals surface area contributed by atoms with Gasteiger partial charge in [0.15, 0.2) is 5.16 Å². The molecule has 1 aromatic heterocycles. The summed E-state index contributed by atoms with van der Waals surface area (Å²) in [5.74, 6) is -0.123. The maximum Gasteiger partial charge on any atom is 0.234 e. The Bertz CT molecular complexity index is 1100. The second-order valence-electron chi connectivity index (χ2n) is 7.14. The van der Waals surface area contributed by atoms with E-state index in [-0.39, 0.29) is 29.7 Å². The number of carbonyl (C=O) groups is 2. The van der Waals surface area contributed by atoms with Gasteiger partial charge in [-0.1, -0.05) is 41.6 Å². The van der Waals surface area contributed by atoms with E-state index in [1.807, 2.05) is 32.0 Å². The fraction of sp³-hybridized carbons (Fsp3) is 0.273. The van der Waals surface area contributed by atoms with Crippen LogP contribution in [0.2, 0.25) is 0 Å². The molecule has 7 nitrogen and oxygen atoms in total. The van der Waals surface area contributed by atoms with Gasteiger partial charge in [-0.25, -0.2) is 4.39 Å². The van der Waals surface area contributed by atoms with Crippen molar-refractivity contribution in [3.63, 3.8) is 0 Å². The van der Waals surface area contributed by atoms with Gasteiger partial charge in [-0.2, -0.15) is 0 Å². The number of rotatable bonds is 8. The van der Waals surface area contributed by atoms with E-state index in [9.17, 15) is 14.0 Å². The Labute approximate surface area is 184 Å². The molecule has 2 aromatic carbocycles. The van der Waals surface area contributed by atoms with Crippen LogP contribution in [0.25, 0.3) is 0 Å². The molecule has 9 heteroatoms. The molecule has 0 saturated carbocycles. The fourth-order valence-corrected chi connectivity index (χ4v) is 3.69. The number of hydrogen-bond acceptors (Lipinski definition) is 5. The quantitative estimate of drug-likeness (QED) is 0.518. The molecule has 0 unspecified atom stereocenters. The Hall–Kier alpha value is -3.20. The van der Waals surface area contributed by atoms with E-state index in [2.05, 4.69) is 20.8 Å². The van der Waals surface area contributed by atoms with Crippen LogP contribution in [0.15, 0.2) is 47.6 Å². The fourth-order valence-electron chi connectivity index (χ4n) is 2.96. The molecule has 0 fully saturated rings. The summed E-state index contributed by atoms with van der Waals surface area (Å²) in [4.78, 5) is 24.4. The molecule has 0 radical (unpaired) electrons. The van der Waals surface area contributed by atoms with E-state index < -0.39 is 5.82 Å². The molecule has 31 heavy (non-hydrogen) atoms. The lowest BCUT2D eigenvalue weighted by molar-refractivity contribution is -0.116. The summed E-state index contributed by atoms with van der Waals surface area (Å²) in [6.45, 7) is 3.96. The molecule has 2 N–H and O–H groups in total. The molecule has 3 aromatic rings. The Kier molecular flexibility index (Phi) is 7.41. The number of nitrogens with zero attached hydrogens (tertiary/aromatic N) is 3. The minimum absolute atomic E-state index is 0.134. The van der Waals surface area contributed by atoms with Crippen LogP contribution in [-0.2, 0) is 23.1 Å². The van der Waals surface area contributed by atoms with E-state index in [0.717, 1.165) is 16.8 Å². The molecule has 162 valence electrons. The molecule has 1 heterocycles. The van der Waals surface area contributed by atoms with E-state index in [1.165, 1.54) is 23.9 Å². The molecule has 0 aliphatic rings. The molecular formula is C22H24FN5O2S. The molecule has 0 aliphatic carbocycles. The van der Waals surface area contributed by atoms with Gasteiger partial charge in [0.25, 0.3) is 0 Å². The van der Waals surface area contributed by atoms with Crippen LogP contribution >= 0.6 is 11.8 Å². The van der Waals surface area contributed by atoms with Crippen LogP contribution in [0.3, 0.4) is 0 Å². The lowest BCUT2D eigenvalue weighted by Crippen LogP contribution is -2.15. The maximum absolute atomic E-state index is 13.6. The highest BCUT2D eigenvalue weighted by molar-refractivity contribution is 7.99. The molecule has 2 amide bonds. The molecule has 0 saturated heterocycles. The largest absolute Gasteiger partial charge is 0.325 e. The number of nitrogens with one attached hydrogen (secondary N) is 2. The first-order valence-corrected chi connectivity index (χ1v) is 10.7. The number of para-hydroxylation sites is 1. The average molecular weight is 442 g/mol. The van der Waals surface area contributed by atoms with E-state index in [0.29, 0.717) is 17.4 Å². The number of anilines is 2. The second-order valence-corrected chi connectivity index (χ2v) is 8.08. The van der Waals surface area contributed by atoms with Gasteiger partial charge in [0.1, 0.15) is 11.6 Å². The molecule has 0 aliphatic heterocycles. The Balaban J connectivity index is 1.50. The lowest BCUT2D eigenvalue weighted by Gasteiger charge is -2.09. The van der Waals surface area contributed by atoms with Crippen molar-refractivity contribution in [2.75, 3.05) is 16.4 Å². The van der Waals surface area contributed by atoms with Crippen molar-refractivity contribution in [1.82, 2.24) is 14.8 Å². The predicted molar refractivity (Wildman–Crippen MR) is 120 cm³/mol. The second kappa shape index (κ2) is 10.2. The van der Waals surface area contributed by atoms with Crippen LogP contribution in [0.4, 0.5) is 15.8 Å². The molecule has 0 atom stereocenters. The van der Waals surface area contributed by atoms with Gasteiger partial charge in [0.2, 0.25) is 11.8 Å². The number of thioether (sulfide) groups is 1. The van der Waals surface area contributed by atoms with Crippen LogP contribution in [0.1, 0.15) is 23.4 Å². The zero-order valence-corrected chi connectivity index (χ0v) is 18.4. The third-order valence-electron chi connectivity index (χ3n) is 4.64. The summed E-state index contributed by atoms with van der Waals surface area (Å²) in [6, 6.07) is 11.9. The molecule has 3 rings (SSSR count). The minimum atomic E-state index is -0.479. The van der Waals surface area contributed by atoms with Gasteiger partial charge in [-0.3, -0.25) is 9.59 Å². The number of benzene rings is 2. The Morgan fingerprint density at radius 1 is 1.03 bits per heavy atom. The van der Waals surface area contributed by atoms with Crippen molar-refractivity contribution in [3.8, 4) is 0 Å². The van der Waals surface area contributed by atoms with Crippen LogP contribution in [-0.4, -0.2) is 32.3 Å². The first-order chi connectivity index (χ1) is 14.8. The van der Waals surface area contributed by atoms with Gasteiger partial charge in [0.05, 0.1) is 11.4 Å². The maximum atomic E-state index is 13.6. The third-order valence-corrected chi connectivity index (χ3v) is 5.66. The Morgan fingerprint density at radius 2 is 1.77 bits per heavy atom. The first-order valence-electron chi connectivity index (χ1n) is 9.76. The monoisotopic (exact) mass is 441 g/mol. The number of hydrogen-bond donors (Lipinski definition) is 2. The summed E-state index contributed by atoms with van der Waals surface area (Å²) in [7, 11) is 1.79. The first kappa shape index (κ1) is 22.5. The smallest absolute Gasteiger partial charge is 0.234 e. The Morgan fingerprint density at radius 3 is 2.52 bits per heavy atom. The van der Waals surface area contributed by atoms with Crippen molar-refractivity contribution >= 4 is 35.0 Å². The van der Waals surface area contributed by atoms with Crippen LogP contribution in [0, 0.1) is 19.7 Å². The molecule has 0 bridgehead atoms. The van der Waals surface area contributed by atoms with Crippen LogP contribution in [0.5, 0.6) is 0 Å². The summed E-state index contributed by atoms with van der Waals surface area (Å²) < 4.78 is 15.4. The molecular weight excluding hydrogens is 417 g/mol. The van der Waals surface area contributed by atoms with Crippen molar-refractivity contribution in [2.45, 2.75) is 31.8 Å². The normalized spacial score (nSPS) is 10.7. The van der Waals surface area contributed by atoms with Crippen molar-refractivity contribution in [1.29, 1.82) is 0 Å². The zero-order valence-electron chi connectivity index (χ0n) is 17.6. The van der Waals surface area contributed by atoms with Crippen molar-refractivity contribution in [2.24, 2.45) is 7.05 Å². The predicted octanol–water partition coefficient (Wildman–Crippen LogP) is 3.87. The number of aryl methyl sites for hydroxylation is 3. The van der Waals surface area contributed by atoms with E-state index >= 15 is 0 Å². The standard InChI is InChI=1S/C22H24FN5O2S/c1-14-8-9-17(15(2)12-14)24-21(30)13-31-22-27-26-19(28(22)3)10-11-20(29)25-18-7-5-4-6-16(18)23/h4-9,12H,10-11,13H2,1-3H3,(H,24,30)(H,25,29). The summed E-state index contributed by atoms with van der Waals surface area (Å²) in [5.41, 5.74) is 3.08. The van der Waals surface area contributed by atoms with Crippen molar-refractivity contribution in [3.05, 3.63) is 65.2 Å². The van der Waals surface area contributed by atoms with Crippen molar-refractivity contribution < 1.29 is 14.0 Å². The third kappa shape index (κ3) is 6.14. The number of carbonyl (C=O) groups excluding carboxylic acids is 2. The number of aromatic nitrogens is 3. The highest BCUT2D eigenvalue weighted by Gasteiger charge is 2.14. The SMILES string of the molecule is Cc1ccc(NC(=O)CSc2nnc(CCC(=O)Nc3ccccc3F)n2C)c(C)c1. The highest BCUT2D eigenvalue weighted by Crippen LogP contribution is 2.19. The van der Waals surface area contributed by atoms with Gasteiger partial charge >= 0.3 is 0 Å². The van der Waals surface area contributed by atoms with Gasteiger partial charge in [-0.15, -0.1) is 10.2 Å². The molecule has 0 spiro atoms. The summed E-state index contributed by atoms with van der Waals surface area (Å²) in [5, 5.41) is 14.2. The van der Waals surface area contributed by atoms with Gasteiger partial charge < -0.3 is 15.2 Å². The van der Waals surface area contributed by atoms with Crippen LogP contribution < -0.4 is 10.6 Å². The van der Waals surface area contributed by atoms with Gasteiger partial charge in [-0.05, 0) is 37.6 Å². The zero-order chi connectivity index (χ0) is 22.4. The number of halogens is 1. The van der Waals surface area contributed by atoms with E-state index in [1.54, 1.807) is 23.7 Å². The van der Waals surface area contributed by atoms with Gasteiger partial charge in [0, 0.05) is 25.6 Å². The summed E-state index contributed by atoms with van der Waals surface area (Å²) in [6.07, 6.45) is 0.483. The lowest BCUT2D eigenvalue weighted by atomic mass is 10.1. The minimum Gasteiger partial charge on any atom is -0.325 e. The van der Waals surface area contributed by atoms with E-state index in [4.69, 9.17) is 0 Å². The average Bonchev–Trinajstić information content (AvgIpc) is 3.08.